The van der Waals surface area contributed by atoms with E-state index in [1.165, 1.54) is 0 Å². The summed E-state index contributed by atoms with van der Waals surface area (Å²) in [4.78, 5) is 0. The topological polar surface area (TPSA) is 0 Å². The largest absolute Gasteiger partial charge is 0.313 e. The van der Waals surface area contributed by atoms with Gasteiger partial charge in [-0.3, -0.25) is 0 Å². The zero-order valence-corrected chi connectivity index (χ0v) is 4.50. The van der Waals surface area contributed by atoms with Gasteiger partial charge in [0.2, 0.25) is 0 Å². The van der Waals surface area contributed by atoms with Crippen LogP contribution in [0.15, 0.2) is 0 Å². The first-order chi connectivity index (χ1) is 3.88. The van der Waals surface area contributed by atoms with Crippen molar-refractivity contribution in [1.29, 1.82) is 0 Å². The fourth-order valence-corrected chi connectivity index (χ4v) is 0.741. The summed E-state index contributed by atoms with van der Waals surface area (Å²) in [5.41, 5.74) is 0. The van der Waals surface area contributed by atoms with E-state index in [4.69, 9.17) is 0 Å². The molecule has 0 heterocycles. The van der Waals surface area contributed by atoms with Crippen LogP contribution in [0.5, 0.6) is 0 Å². The summed E-state index contributed by atoms with van der Waals surface area (Å²) in [5, 5.41) is 0. The fraction of sp³-hybridized carbons (Fsp3) is 0.800. The molecule has 1 atom stereocenters. The van der Waals surface area contributed by atoms with Crippen molar-refractivity contribution in [1.82, 2.24) is 0 Å². The van der Waals surface area contributed by atoms with Crippen LogP contribution in [0.4, 0.5) is 17.6 Å². The Labute approximate surface area is 49.9 Å². The molecule has 1 saturated carbocycles. The molecule has 0 amide bonds. The molecule has 9 heavy (non-hydrogen) atoms. The summed E-state index contributed by atoms with van der Waals surface area (Å²) in [5.74, 6) is -9.08. The lowest BCUT2D eigenvalue weighted by atomic mass is 9.78. The first-order valence-electron chi connectivity index (χ1n) is 2.46. The van der Waals surface area contributed by atoms with E-state index in [-0.39, 0.29) is 0 Å². The van der Waals surface area contributed by atoms with Gasteiger partial charge in [0.25, 0.3) is 0 Å². The molecular formula is C5H5F4. The third kappa shape index (κ3) is 0.650. The second-order valence-electron chi connectivity index (χ2n) is 2.23. The Kier molecular flexibility index (Phi) is 1.07. The Hall–Kier alpha value is -0.280. The molecule has 1 aliphatic carbocycles. The molecule has 4 heteroatoms. The highest BCUT2D eigenvalue weighted by molar-refractivity contribution is 5.04. The zero-order valence-electron chi connectivity index (χ0n) is 4.50. The average Bonchev–Trinajstić information content (AvgIpc) is 1.65. The predicted molar refractivity (Wildman–Crippen MR) is 23.4 cm³/mol. The Balaban J connectivity index is 2.70. The minimum absolute atomic E-state index is 0.792. The van der Waals surface area contributed by atoms with Gasteiger partial charge in [-0.15, -0.1) is 0 Å². The van der Waals surface area contributed by atoms with Crippen molar-refractivity contribution in [2.75, 3.05) is 0 Å². The summed E-state index contributed by atoms with van der Waals surface area (Å²) >= 11 is 0. The maximum atomic E-state index is 11.9. The minimum atomic E-state index is -3.87. The van der Waals surface area contributed by atoms with Crippen molar-refractivity contribution in [3.05, 3.63) is 6.92 Å². The highest BCUT2D eigenvalue weighted by Gasteiger charge is 2.69. The van der Waals surface area contributed by atoms with E-state index in [0.29, 0.717) is 0 Å². The van der Waals surface area contributed by atoms with Crippen LogP contribution in [0.3, 0.4) is 0 Å². The molecule has 1 aliphatic rings. The van der Waals surface area contributed by atoms with Gasteiger partial charge >= 0.3 is 11.8 Å². The lowest BCUT2D eigenvalue weighted by molar-refractivity contribution is -0.302. The summed E-state index contributed by atoms with van der Waals surface area (Å²) < 4.78 is 47.3. The van der Waals surface area contributed by atoms with Crippen LogP contribution in [-0.4, -0.2) is 11.8 Å². The SMILES string of the molecule is [CH2]C1CC(F)(F)C1(F)F. The number of halogens is 4. The number of hydrogen-bond donors (Lipinski definition) is 0. The molecule has 0 nitrogen and oxygen atoms in total. The quantitative estimate of drug-likeness (QED) is 0.453. The molecule has 0 aromatic heterocycles. The fourth-order valence-electron chi connectivity index (χ4n) is 0.741. The van der Waals surface area contributed by atoms with Gasteiger partial charge in [-0.1, -0.05) is 0 Å². The molecule has 0 spiro atoms. The molecule has 1 radical (unpaired) electrons. The summed E-state index contributed by atoms with van der Waals surface area (Å²) in [6, 6.07) is 0. The van der Waals surface area contributed by atoms with Gasteiger partial charge in [0.15, 0.2) is 0 Å². The van der Waals surface area contributed by atoms with Gasteiger partial charge in [0, 0.05) is 12.3 Å². The van der Waals surface area contributed by atoms with Crippen molar-refractivity contribution in [2.24, 2.45) is 5.92 Å². The van der Waals surface area contributed by atoms with Gasteiger partial charge in [0.05, 0.1) is 0 Å². The van der Waals surface area contributed by atoms with Crippen LogP contribution in [0.2, 0.25) is 0 Å². The van der Waals surface area contributed by atoms with Crippen molar-refractivity contribution >= 4 is 0 Å². The summed E-state index contributed by atoms with van der Waals surface area (Å²) in [6.07, 6.45) is -0.792. The smallest absolute Gasteiger partial charge is 0.200 e. The third-order valence-corrected chi connectivity index (χ3v) is 1.50. The van der Waals surface area contributed by atoms with Crippen molar-refractivity contribution in [3.63, 3.8) is 0 Å². The van der Waals surface area contributed by atoms with E-state index in [0.717, 1.165) is 0 Å². The van der Waals surface area contributed by atoms with Crippen molar-refractivity contribution in [3.8, 4) is 0 Å². The number of hydrogen-bond acceptors (Lipinski definition) is 0. The minimum Gasteiger partial charge on any atom is -0.200 e. The van der Waals surface area contributed by atoms with Gasteiger partial charge in [0.1, 0.15) is 0 Å². The van der Waals surface area contributed by atoms with Gasteiger partial charge in [-0.05, 0) is 6.92 Å². The van der Waals surface area contributed by atoms with Crippen molar-refractivity contribution < 1.29 is 17.6 Å². The molecule has 1 unspecified atom stereocenters. The normalized spacial score (nSPS) is 37.7. The Bertz CT molecular complexity index is 129. The maximum absolute atomic E-state index is 11.9. The summed E-state index contributed by atoms with van der Waals surface area (Å²) in [7, 11) is 0. The van der Waals surface area contributed by atoms with Crippen LogP contribution >= 0.6 is 0 Å². The van der Waals surface area contributed by atoms with Crippen molar-refractivity contribution in [2.45, 2.75) is 18.3 Å². The molecule has 1 fully saturated rings. The highest BCUT2D eigenvalue weighted by Crippen LogP contribution is 2.54. The van der Waals surface area contributed by atoms with E-state index < -0.39 is 24.2 Å². The molecule has 0 aromatic rings. The highest BCUT2D eigenvalue weighted by atomic mass is 19.3. The van der Waals surface area contributed by atoms with Gasteiger partial charge in [-0.25, -0.2) is 0 Å². The predicted octanol–water partition coefficient (Wildman–Crippen LogP) is 2.11. The summed E-state index contributed by atoms with van der Waals surface area (Å²) in [6.45, 7) is 2.86. The van der Waals surface area contributed by atoms with Gasteiger partial charge in [-0.2, -0.15) is 17.6 Å². The zero-order chi connectivity index (χ0) is 7.28. The molecule has 0 aliphatic heterocycles. The van der Waals surface area contributed by atoms with Gasteiger partial charge < -0.3 is 0 Å². The van der Waals surface area contributed by atoms with E-state index >= 15 is 0 Å². The Morgan fingerprint density at radius 1 is 1.22 bits per heavy atom. The van der Waals surface area contributed by atoms with E-state index in [9.17, 15) is 17.6 Å². The Morgan fingerprint density at radius 3 is 1.67 bits per heavy atom. The van der Waals surface area contributed by atoms with E-state index in [1.807, 2.05) is 0 Å². The molecule has 0 bridgehead atoms. The number of alkyl halides is 4. The van der Waals surface area contributed by atoms with E-state index in [2.05, 4.69) is 6.92 Å². The van der Waals surface area contributed by atoms with Crippen LogP contribution < -0.4 is 0 Å². The first-order valence-corrected chi connectivity index (χ1v) is 2.46. The first kappa shape index (κ1) is 6.83. The monoisotopic (exact) mass is 141 g/mol. The average molecular weight is 141 g/mol. The molecule has 1 rings (SSSR count). The van der Waals surface area contributed by atoms with E-state index in [1.54, 1.807) is 0 Å². The maximum Gasteiger partial charge on any atom is 0.313 e. The molecular weight excluding hydrogens is 136 g/mol. The van der Waals surface area contributed by atoms with Crippen LogP contribution in [-0.2, 0) is 0 Å². The number of rotatable bonds is 0. The second kappa shape index (κ2) is 1.41. The molecule has 0 saturated heterocycles. The second-order valence-corrected chi connectivity index (χ2v) is 2.23. The lowest BCUT2D eigenvalue weighted by Gasteiger charge is -2.41. The van der Waals surface area contributed by atoms with Crippen LogP contribution in [0, 0.1) is 12.8 Å². The molecule has 53 valence electrons. The molecule has 0 aromatic carbocycles. The molecule has 0 N–H and O–H groups in total. The van der Waals surface area contributed by atoms with Crippen LogP contribution in [0.1, 0.15) is 6.42 Å². The Morgan fingerprint density at radius 2 is 1.67 bits per heavy atom. The third-order valence-electron chi connectivity index (χ3n) is 1.50. The standard InChI is InChI=1S/C5H5F4/c1-3-2-4(6,7)5(3,8)9/h3H,1-2H2. The van der Waals surface area contributed by atoms with Crippen LogP contribution in [0.25, 0.3) is 0 Å². The lowest BCUT2D eigenvalue weighted by Crippen LogP contribution is -2.57.